The van der Waals surface area contributed by atoms with E-state index in [1.54, 1.807) is 0 Å². The Morgan fingerprint density at radius 1 is 1.24 bits per heavy atom. The molecule has 0 radical (unpaired) electrons. The van der Waals surface area contributed by atoms with Gasteiger partial charge in [0.25, 0.3) is 0 Å². The molecule has 0 saturated heterocycles. The molecule has 0 atom stereocenters. The molecule has 0 spiro atoms. The first-order chi connectivity index (χ1) is 8.08. The molecule has 0 amide bonds. The second-order valence-corrected chi connectivity index (χ2v) is 4.33. The van der Waals surface area contributed by atoms with Gasteiger partial charge in [0.05, 0.1) is 6.61 Å². The summed E-state index contributed by atoms with van der Waals surface area (Å²) in [6, 6.07) is 0. The van der Waals surface area contributed by atoms with Crippen molar-refractivity contribution in [2.45, 2.75) is 40.5 Å². The highest BCUT2D eigenvalue weighted by Crippen LogP contribution is 2.11. The lowest BCUT2D eigenvalue weighted by Crippen LogP contribution is -2.32. The molecular weight excluding hydrogens is 214 g/mol. The van der Waals surface area contributed by atoms with Crippen LogP contribution >= 0.6 is 0 Å². The van der Waals surface area contributed by atoms with Crippen molar-refractivity contribution in [2.75, 3.05) is 26.2 Å². The van der Waals surface area contributed by atoms with E-state index in [2.05, 4.69) is 32.3 Å². The third-order valence-electron chi connectivity index (χ3n) is 3.10. The first-order valence-corrected chi connectivity index (χ1v) is 6.66. The zero-order chi connectivity index (χ0) is 13.3. The molecule has 0 aromatic heterocycles. The lowest BCUT2D eigenvalue weighted by molar-refractivity contribution is -0.138. The van der Waals surface area contributed by atoms with Crippen LogP contribution in [0.4, 0.5) is 0 Å². The number of rotatable bonds is 9. The number of likely N-dealkylation sites (N-methyl/N-ethyl adjacent to an activating group) is 1. The first kappa shape index (κ1) is 16.2. The zero-order valence-electron chi connectivity index (χ0n) is 11.8. The molecule has 0 heterocycles. The smallest absolute Gasteiger partial charge is 0.334 e. The number of hydrogen-bond donors (Lipinski definition) is 0. The molecular formula is C14H27NO2. The van der Waals surface area contributed by atoms with Gasteiger partial charge in [-0.1, -0.05) is 40.2 Å². The van der Waals surface area contributed by atoms with E-state index in [0.717, 1.165) is 13.1 Å². The van der Waals surface area contributed by atoms with Crippen LogP contribution in [0.2, 0.25) is 0 Å². The van der Waals surface area contributed by atoms with Gasteiger partial charge in [-0.05, 0) is 19.4 Å². The van der Waals surface area contributed by atoms with Crippen molar-refractivity contribution in [3.8, 4) is 0 Å². The Morgan fingerprint density at radius 2 is 1.82 bits per heavy atom. The summed E-state index contributed by atoms with van der Waals surface area (Å²) < 4.78 is 4.94. The fourth-order valence-electron chi connectivity index (χ4n) is 1.79. The summed E-state index contributed by atoms with van der Waals surface area (Å²) in [4.78, 5) is 13.7. The van der Waals surface area contributed by atoms with E-state index < -0.39 is 0 Å². The van der Waals surface area contributed by atoms with Gasteiger partial charge in [-0.25, -0.2) is 4.79 Å². The van der Waals surface area contributed by atoms with Crippen LogP contribution in [0.25, 0.3) is 0 Å². The Hall–Kier alpha value is -0.830. The van der Waals surface area contributed by atoms with Crippen molar-refractivity contribution in [3.05, 3.63) is 12.2 Å². The first-order valence-electron chi connectivity index (χ1n) is 6.66. The van der Waals surface area contributed by atoms with Crippen molar-refractivity contribution in [3.63, 3.8) is 0 Å². The topological polar surface area (TPSA) is 29.5 Å². The van der Waals surface area contributed by atoms with Crippen LogP contribution in [0, 0.1) is 5.92 Å². The number of carbonyl (C=O) groups is 1. The van der Waals surface area contributed by atoms with E-state index in [9.17, 15) is 4.79 Å². The molecule has 3 nitrogen and oxygen atoms in total. The molecule has 3 heteroatoms. The number of nitrogens with zero attached hydrogens (tertiary/aromatic N) is 1. The van der Waals surface area contributed by atoms with Gasteiger partial charge < -0.3 is 4.74 Å². The van der Waals surface area contributed by atoms with Crippen LogP contribution in [0.15, 0.2) is 12.2 Å². The second-order valence-electron chi connectivity index (χ2n) is 4.33. The van der Waals surface area contributed by atoms with Gasteiger partial charge in [0.1, 0.15) is 0 Å². The number of carbonyl (C=O) groups excluding carboxylic acids is 1. The molecule has 0 unspecified atom stereocenters. The Bertz CT molecular complexity index is 234. The maximum Gasteiger partial charge on any atom is 0.334 e. The van der Waals surface area contributed by atoms with E-state index in [0.29, 0.717) is 24.6 Å². The number of hydrogen-bond acceptors (Lipinski definition) is 3. The number of ether oxygens (including phenoxy) is 1. The lowest BCUT2D eigenvalue weighted by atomic mass is 10.0. The Morgan fingerprint density at radius 3 is 2.24 bits per heavy atom. The molecule has 0 aromatic carbocycles. The van der Waals surface area contributed by atoms with E-state index in [4.69, 9.17) is 4.74 Å². The second kappa shape index (κ2) is 9.23. The molecule has 0 bridgehead atoms. The lowest BCUT2D eigenvalue weighted by Gasteiger charge is -2.25. The quantitative estimate of drug-likeness (QED) is 0.459. The molecule has 0 aliphatic rings. The summed E-state index contributed by atoms with van der Waals surface area (Å²) in [6.07, 6.45) is 2.36. The maximum atomic E-state index is 11.5. The van der Waals surface area contributed by atoms with Gasteiger partial charge in [-0.15, -0.1) is 0 Å². The summed E-state index contributed by atoms with van der Waals surface area (Å²) in [5.41, 5.74) is 0.555. The fourth-order valence-corrected chi connectivity index (χ4v) is 1.79. The summed E-state index contributed by atoms with van der Waals surface area (Å²) in [5.74, 6) is 0.431. The summed E-state index contributed by atoms with van der Waals surface area (Å²) in [6.45, 7) is 15.1. The van der Waals surface area contributed by atoms with Crippen molar-refractivity contribution < 1.29 is 9.53 Å². The van der Waals surface area contributed by atoms with E-state index in [1.165, 1.54) is 12.8 Å². The number of esters is 1. The van der Waals surface area contributed by atoms with E-state index in [-0.39, 0.29) is 5.97 Å². The minimum atomic E-state index is -0.268. The third-order valence-corrected chi connectivity index (χ3v) is 3.10. The highest BCUT2D eigenvalue weighted by molar-refractivity contribution is 5.88. The van der Waals surface area contributed by atoms with E-state index >= 15 is 0 Å². The van der Waals surface area contributed by atoms with Crippen molar-refractivity contribution in [1.29, 1.82) is 0 Å². The molecule has 0 N–H and O–H groups in total. The molecule has 0 aliphatic carbocycles. The van der Waals surface area contributed by atoms with Crippen LogP contribution in [-0.4, -0.2) is 37.1 Å². The zero-order valence-corrected chi connectivity index (χ0v) is 11.8. The summed E-state index contributed by atoms with van der Waals surface area (Å²) >= 11 is 0. The minimum Gasteiger partial charge on any atom is -0.463 e. The predicted octanol–water partition coefficient (Wildman–Crippen LogP) is 2.86. The molecule has 0 fully saturated rings. The summed E-state index contributed by atoms with van der Waals surface area (Å²) in [7, 11) is 0. The molecule has 100 valence electrons. The highest BCUT2D eigenvalue weighted by Gasteiger charge is 2.14. The molecule has 17 heavy (non-hydrogen) atoms. The minimum absolute atomic E-state index is 0.268. The largest absolute Gasteiger partial charge is 0.463 e. The summed E-state index contributed by atoms with van der Waals surface area (Å²) in [5, 5.41) is 0. The third kappa shape index (κ3) is 6.47. The maximum absolute atomic E-state index is 11.5. The highest BCUT2D eigenvalue weighted by atomic mass is 16.5. The molecule has 0 rings (SSSR count). The van der Waals surface area contributed by atoms with Gasteiger partial charge in [0, 0.05) is 18.7 Å². The SMILES string of the molecule is C=C(CN(CC)CC(CC)CC)C(=O)OCC. The predicted molar refractivity (Wildman–Crippen MR) is 72.0 cm³/mol. The van der Waals surface area contributed by atoms with Gasteiger partial charge in [-0.2, -0.15) is 0 Å². The van der Waals surface area contributed by atoms with Crippen molar-refractivity contribution >= 4 is 5.97 Å². The van der Waals surface area contributed by atoms with Crippen LogP contribution in [0.3, 0.4) is 0 Å². The van der Waals surface area contributed by atoms with Gasteiger partial charge in [0.15, 0.2) is 0 Å². The average Bonchev–Trinajstić information content (AvgIpc) is 2.34. The average molecular weight is 241 g/mol. The van der Waals surface area contributed by atoms with Gasteiger partial charge in [-0.3, -0.25) is 4.90 Å². The van der Waals surface area contributed by atoms with Crippen molar-refractivity contribution in [2.24, 2.45) is 5.92 Å². The van der Waals surface area contributed by atoms with Crippen molar-refractivity contribution in [1.82, 2.24) is 4.90 Å². The van der Waals surface area contributed by atoms with Gasteiger partial charge in [0.2, 0.25) is 0 Å². The monoisotopic (exact) mass is 241 g/mol. The van der Waals surface area contributed by atoms with Crippen LogP contribution in [0.1, 0.15) is 40.5 Å². The standard InChI is InChI=1S/C14H27NO2/c1-6-13(7-2)11-15(8-3)10-12(5)14(16)17-9-4/h13H,5-11H2,1-4H3. The normalized spacial score (nSPS) is 10.9. The van der Waals surface area contributed by atoms with Gasteiger partial charge >= 0.3 is 5.97 Å². The van der Waals surface area contributed by atoms with Crippen LogP contribution in [0.5, 0.6) is 0 Å². The Balaban J connectivity index is 4.20. The Labute approximate surface area is 106 Å². The van der Waals surface area contributed by atoms with Crippen LogP contribution < -0.4 is 0 Å². The Kier molecular flexibility index (Phi) is 8.78. The molecule has 0 aromatic rings. The van der Waals surface area contributed by atoms with E-state index in [1.807, 2.05) is 6.92 Å². The fraction of sp³-hybridized carbons (Fsp3) is 0.786. The van der Waals surface area contributed by atoms with Crippen LogP contribution in [-0.2, 0) is 9.53 Å². The molecule has 0 saturated carbocycles. The molecule has 0 aliphatic heterocycles.